The van der Waals surface area contributed by atoms with Crippen LogP contribution in [0.2, 0.25) is 0 Å². The summed E-state index contributed by atoms with van der Waals surface area (Å²) in [6.07, 6.45) is 0. The first kappa shape index (κ1) is 13.3. The Balaban J connectivity index is 2.07. The first-order chi connectivity index (χ1) is 11.3. The highest BCUT2D eigenvalue weighted by atomic mass is 127. The van der Waals surface area contributed by atoms with Crippen molar-refractivity contribution >= 4 is 65.7 Å². The molecular weight excluding hydrogens is 391 g/mol. The smallest absolute Gasteiger partial charge is 0.0215 e. The Morgan fingerprint density at radius 3 is 1.87 bits per heavy atom. The second kappa shape index (κ2) is 4.93. The number of hydrogen-bond donors (Lipinski definition) is 0. The van der Waals surface area contributed by atoms with Crippen molar-refractivity contribution in [2.75, 3.05) is 0 Å². The van der Waals surface area contributed by atoms with Crippen molar-refractivity contribution in [2.45, 2.75) is 0 Å². The molecule has 23 heavy (non-hydrogen) atoms. The van der Waals surface area contributed by atoms with Gasteiger partial charge >= 0.3 is 0 Å². The molecule has 5 rings (SSSR count). The summed E-state index contributed by atoms with van der Waals surface area (Å²) in [5.41, 5.74) is 0. The van der Waals surface area contributed by atoms with Crippen molar-refractivity contribution in [1.82, 2.24) is 0 Å². The molecule has 0 aromatic heterocycles. The molecule has 1 heteroatoms. The van der Waals surface area contributed by atoms with Gasteiger partial charge in [-0.2, -0.15) is 0 Å². The van der Waals surface area contributed by atoms with E-state index in [1.54, 1.807) is 0 Å². The van der Waals surface area contributed by atoms with Crippen LogP contribution in [0.25, 0.3) is 43.1 Å². The van der Waals surface area contributed by atoms with Gasteiger partial charge in [-0.1, -0.05) is 60.7 Å². The largest absolute Gasteiger partial charge is 0.0616 e. The van der Waals surface area contributed by atoms with Crippen LogP contribution < -0.4 is 0 Å². The van der Waals surface area contributed by atoms with E-state index in [0.717, 1.165) is 0 Å². The van der Waals surface area contributed by atoms with Gasteiger partial charge in [0.25, 0.3) is 0 Å². The van der Waals surface area contributed by atoms with Crippen LogP contribution in [0.15, 0.2) is 78.9 Å². The quantitative estimate of drug-likeness (QED) is 0.150. The molecule has 5 aromatic rings. The third-order valence-electron chi connectivity index (χ3n) is 4.67. The molecule has 0 aliphatic rings. The Morgan fingerprint density at radius 1 is 0.435 bits per heavy atom. The lowest BCUT2D eigenvalue weighted by atomic mass is 9.95. The Bertz CT molecular complexity index is 1220. The molecule has 108 valence electrons. The van der Waals surface area contributed by atoms with Crippen molar-refractivity contribution in [3.63, 3.8) is 0 Å². The van der Waals surface area contributed by atoms with Gasteiger partial charge in [-0.25, -0.2) is 0 Å². The molecule has 0 heterocycles. The van der Waals surface area contributed by atoms with Gasteiger partial charge in [0.15, 0.2) is 0 Å². The Hall–Kier alpha value is -2.13. The molecule has 0 aliphatic heterocycles. The van der Waals surface area contributed by atoms with Gasteiger partial charge in [0, 0.05) is 3.57 Å². The highest BCUT2D eigenvalue weighted by Gasteiger charge is 2.08. The van der Waals surface area contributed by atoms with Gasteiger partial charge in [0.05, 0.1) is 0 Å². The average molecular weight is 404 g/mol. The maximum atomic E-state index is 2.46. The summed E-state index contributed by atoms with van der Waals surface area (Å²) in [7, 11) is 0. The monoisotopic (exact) mass is 404 g/mol. The summed E-state index contributed by atoms with van der Waals surface area (Å²) >= 11 is 2.46. The van der Waals surface area contributed by atoms with Crippen LogP contribution in [0.5, 0.6) is 0 Å². The molecule has 0 spiro atoms. The molecule has 0 atom stereocenters. The van der Waals surface area contributed by atoms with Crippen LogP contribution in [-0.2, 0) is 0 Å². The molecule has 0 bridgehead atoms. The topological polar surface area (TPSA) is 0 Å². The second-order valence-electron chi connectivity index (χ2n) is 5.99. The zero-order valence-corrected chi connectivity index (χ0v) is 14.5. The van der Waals surface area contributed by atoms with Crippen LogP contribution in [-0.4, -0.2) is 0 Å². The number of rotatable bonds is 0. The highest BCUT2D eigenvalue weighted by molar-refractivity contribution is 14.1. The van der Waals surface area contributed by atoms with Crippen molar-refractivity contribution in [2.24, 2.45) is 0 Å². The standard InChI is InChI=1S/C22H13I/c23-22-12-15-6-2-4-8-18(15)20-13-19-16(11-21(20)22)10-9-14-5-1-3-7-17(14)19/h1-13H. The maximum absolute atomic E-state index is 2.46. The summed E-state index contributed by atoms with van der Waals surface area (Å²) in [6, 6.07) is 28.8. The fraction of sp³-hybridized carbons (Fsp3) is 0. The minimum Gasteiger partial charge on any atom is -0.0616 e. The molecule has 0 aliphatic carbocycles. The fourth-order valence-corrected chi connectivity index (χ4v) is 4.34. The third kappa shape index (κ3) is 1.96. The third-order valence-corrected chi connectivity index (χ3v) is 5.57. The molecule has 0 fully saturated rings. The molecule has 0 N–H and O–H groups in total. The number of fused-ring (bicyclic) bond motifs is 6. The first-order valence-electron chi connectivity index (χ1n) is 7.74. The zero-order valence-electron chi connectivity index (χ0n) is 12.4. The van der Waals surface area contributed by atoms with E-state index in [4.69, 9.17) is 0 Å². The van der Waals surface area contributed by atoms with Gasteiger partial charge in [-0.05, 0) is 83.9 Å². The minimum atomic E-state index is 1.30. The van der Waals surface area contributed by atoms with Crippen molar-refractivity contribution < 1.29 is 0 Å². The van der Waals surface area contributed by atoms with E-state index < -0.39 is 0 Å². The van der Waals surface area contributed by atoms with Crippen LogP contribution >= 0.6 is 22.6 Å². The fourth-order valence-electron chi connectivity index (χ4n) is 3.56. The number of benzene rings is 5. The van der Waals surface area contributed by atoms with Gasteiger partial charge in [0.2, 0.25) is 0 Å². The summed E-state index contributed by atoms with van der Waals surface area (Å²) in [5.74, 6) is 0. The van der Waals surface area contributed by atoms with E-state index >= 15 is 0 Å². The lowest BCUT2D eigenvalue weighted by Gasteiger charge is -2.10. The normalized spacial score (nSPS) is 11.7. The molecule has 5 aromatic carbocycles. The average Bonchev–Trinajstić information content (AvgIpc) is 2.60. The highest BCUT2D eigenvalue weighted by Crippen LogP contribution is 2.35. The van der Waals surface area contributed by atoms with Gasteiger partial charge in [0.1, 0.15) is 0 Å². The molecule has 0 amide bonds. The Morgan fingerprint density at radius 2 is 1.04 bits per heavy atom. The van der Waals surface area contributed by atoms with Gasteiger partial charge < -0.3 is 0 Å². The van der Waals surface area contributed by atoms with Gasteiger partial charge in [-0.3, -0.25) is 0 Å². The number of hydrogen-bond acceptors (Lipinski definition) is 0. The molecule has 0 nitrogen and oxygen atoms in total. The Kier molecular flexibility index (Phi) is 2.86. The molecule has 0 saturated carbocycles. The van der Waals surface area contributed by atoms with Crippen molar-refractivity contribution in [1.29, 1.82) is 0 Å². The van der Waals surface area contributed by atoms with Crippen LogP contribution in [0.3, 0.4) is 0 Å². The lowest BCUT2D eigenvalue weighted by molar-refractivity contribution is 1.75. The maximum Gasteiger partial charge on any atom is 0.0215 e. The predicted molar refractivity (Wildman–Crippen MR) is 109 cm³/mol. The second-order valence-corrected chi connectivity index (χ2v) is 7.15. The Labute approximate surface area is 147 Å². The molecule has 0 saturated heterocycles. The van der Waals surface area contributed by atoms with Crippen LogP contribution in [0.4, 0.5) is 0 Å². The lowest BCUT2D eigenvalue weighted by Crippen LogP contribution is -1.84. The SMILES string of the molecule is Ic1cc2ccccc2c2cc3c(ccc4ccccc43)cc12. The van der Waals surface area contributed by atoms with E-state index in [-0.39, 0.29) is 0 Å². The zero-order chi connectivity index (χ0) is 15.4. The van der Waals surface area contributed by atoms with Crippen molar-refractivity contribution in [3.8, 4) is 0 Å². The van der Waals surface area contributed by atoms with E-state index in [9.17, 15) is 0 Å². The predicted octanol–water partition coefficient (Wildman–Crippen LogP) is 6.90. The molecular formula is C22H13I. The van der Waals surface area contributed by atoms with E-state index in [2.05, 4.69) is 101 Å². The van der Waals surface area contributed by atoms with Crippen LogP contribution in [0.1, 0.15) is 0 Å². The van der Waals surface area contributed by atoms with Crippen molar-refractivity contribution in [3.05, 3.63) is 82.4 Å². The van der Waals surface area contributed by atoms with Crippen LogP contribution in [0, 0.1) is 3.57 Å². The van der Waals surface area contributed by atoms with E-state index in [1.807, 2.05) is 0 Å². The number of halogens is 1. The summed E-state index contributed by atoms with van der Waals surface area (Å²) in [5, 5.41) is 10.6. The van der Waals surface area contributed by atoms with E-state index in [0.29, 0.717) is 0 Å². The first-order valence-corrected chi connectivity index (χ1v) is 8.82. The van der Waals surface area contributed by atoms with Gasteiger partial charge in [-0.15, -0.1) is 0 Å². The molecule has 0 radical (unpaired) electrons. The summed E-state index contributed by atoms with van der Waals surface area (Å²) in [4.78, 5) is 0. The van der Waals surface area contributed by atoms with E-state index in [1.165, 1.54) is 46.7 Å². The summed E-state index contributed by atoms with van der Waals surface area (Å²) < 4.78 is 1.31. The molecule has 0 unspecified atom stereocenters. The summed E-state index contributed by atoms with van der Waals surface area (Å²) in [6.45, 7) is 0. The minimum absolute atomic E-state index is 1.30.